The van der Waals surface area contributed by atoms with Crippen LogP contribution < -0.4 is 19.5 Å². The number of aryl methyl sites for hydroxylation is 1. The number of carbonyl (C=O) groups excluding carboxylic acids is 1. The molecule has 36 heavy (non-hydrogen) atoms. The van der Waals surface area contributed by atoms with E-state index in [9.17, 15) is 4.79 Å². The highest BCUT2D eigenvalue weighted by molar-refractivity contribution is 6.30. The summed E-state index contributed by atoms with van der Waals surface area (Å²) < 4.78 is 18.7. The minimum atomic E-state index is -0.0351. The second-order valence-electron chi connectivity index (χ2n) is 8.29. The number of imidazole rings is 1. The third-order valence-electron chi connectivity index (χ3n) is 5.84. The van der Waals surface area contributed by atoms with Crippen molar-refractivity contribution in [1.29, 1.82) is 0 Å². The average molecular weight is 508 g/mol. The molecule has 0 bridgehead atoms. The van der Waals surface area contributed by atoms with Gasteiger partial charge in [-0.15, -0.1) is 0 Å². The van der Waals surface area contributed by atoms with Crippen LogP contribution in [0.15, 0.2) is 66.7 Å². The van der Waals surface area contributed by atoms with Gasteiger partial charge in [0.2, 0.25) is 5.91 Å². The second kappa shape index (κ2) is 12.3. The molecule has 0 atom stereocenters. The fourth-order valence-electron chi connectivity index (χ4n) is 4.06. The summed E-state index contributed by atoms with van der Waals surface area (Å²) >= 11 is 5.95. The van der Waals surface area contributed by atoms with E-state index in [0.717, 1.165) is 41.0 Å². The van der Waals surface area contributed by atoms with Crippen LogP contribution in [0.4, 0.5) is 0 Å². The molecule has 0 aliphatic carbocycles. The van der Waals surface area contributed by atoms with Gasteiger partial charge in [-0.2, -0.15) is 0 Å². The van der Waals surface area contributed by atoms with Gasteiger partial charge >= 0.3 is 0 Å². The predicted molar refractivity (Wildman–Crippen MR) is 141 cm³/mol. The Morgan fingerprint density at radius 2 is 1.78 bits per heavy atom. The van der Waals surface area contributed by atoms with E-state index in [4.69, 9.17) is 30.8 Å². The minimum Gasteiger partial charge on any atom is -0.493 e. The number of rotatable bonds is 12. The molecular formula is C28H30ClN3O4. The SMILES string of the molecule is COc1ccc(CC(=O)NCCCc2nc3ccccc3n2CCOc2ccc(Cl)cc2)cc1OC. The smallest absolute Gasteiger partial charge is 0.224 e. The Hall–Kier alpha value is -3.71. The van der Waals surface area contributed by atoms with E-state index in [0.29, 0.717) is 36.2 Å². The van der Waals surface area contributed by atoms with E-state index in [1.807, 2.05) is 60.7 Å². The molecule has 1 aromatic heterocycles. The van der Waals surface area contributed by atoms with Gasteiger partial charge in [0.25, 0.3) is 0 Å². The van der Waals surface area contributed by atoms with Gasteiger partial charge in [0.1, 0.15) is 18.2 Å². The third kappa shape index (κ3) is 6.49. The Kier molecular flexibility index (Phi) is 8.68. The standard InChI is InChI=1S/C28H30ClN3O4/c1-34-25-14-9-20(18-26(25)35-2)19-28(33)30-15-5-8-27-31-23-6-3-4-7-24(23)32(27)16-17-36-22-12-10-21(29)11-13-22/h3-4,6-7,9-14,18H,5,8,15-17,19H2,1-2H3,(H,30,33). The molecule has 0 radical (unpaired) electrons. The molecule has 7 nitrogen and oxygen atoms in total. The zero-order valence-corrected chi connectivity index (χ0v) is 21.3. The van der Waals surface area contributed by atoms with Gasteiger partial charge in [0.05, 0.1) is 38.2 Å². The fraction of sp³-hybridized carbons (Fsp3) is 0.286. The van der Waals surface area contributed by atoms with Gasteiger partial charge in [0, 0.05) is 18.0 Å². The monoisotopic (exact) mass is 507 g/mol. The van der Waals surface area contributed by atoms with E-state index in [1.165, 1.54) is 0 Å². The molecule has 0 spiro atoms. The maximum Gasteiger partial charge on any atom is 0.224 e. The summed E-state index contributed by atoms with van der Waals surface area (Å²) in [5, 5.41) is 3.69. The van der Waals surface area contributed by atoms with Crippen LogP contribution in [-0.2, 0) is 24.2 Å². The van der Waals surface area contributed by atoms with Crippen molar-refractivity contribution in [1.82, 2.24) is 14.9 Å². The number of benzene rings is 3. The van der Waals surface area contributed by atoms with Gasteiger partial charge in [0.15, 0.2) is 11.5 Å². The van der Waals surface area contributed by atoms with Crippen LogP contribution >= 0.6 is 11.6 Å². The predicted octanol–water partition coefficient (Wildman–Crippen LogP) is 5.08. The molecule has 1 heterocycles. The van der Waals surface area contributed by atoms with E-state index in [-0.39, 0.29) is 12.3 Å². The normalized spacial score (nSPS) is 10.9. The summed E-state index contributed by atoms with van der Waals surface area (Å²) in [5.74, 6) is 2.98. The number of hydrogen-bond acceptors (Lipinski definition) is 5. The number of nitrogens with zero attached hydrogens (tertiary/aromatic N) is 2. The average Bonchev–Trinajstić information content (AvgIpc) is 3.25. The number of amides is 1. The van der Waals surface area contributed by atoms with Crippen LogP contribution in [0, 0.1) is 0 Å². The number of methoxy groups -OCH3 is 2. The zero-order chi connectivity index (χ0) is 25.3. The highest BCUT2D eigenvalue weighted by atomic mass is 35.5. The van der Waals surface area contributed by atoms with Gasteiger partial charge < -0.3 is 24.1 Å². The Labute approximate surface area is 216 Å². The molecule has 0 fully saturated rings. The maximum atomic E-state index is 12.5. The van der Waals surface area contributed by atoms with Crippen molar-refractivity contribution in [3.63, 3.8) is 0 Å². The van der Waals surface area contributed by atoms with Crippen molar-refractivity contribution < 1.29 is 19.0 Å². The highest BCUT2D eigenvalue weighted by Gasteiger charge is 2.12. The summed E-state index contributed by atoms with van der Waals surface area (Å²) in [6.45, 7) is 1.75. The lowest BCUT2D eigenvalue weighted by Crippen LogP contribution is -2.26. The summed E-state index contributed by atoms with van der Waals surface area (Å²) in [4.78, 5) is 17.3. The molecule has 0 unspecified atom stereocenters. The summed E-state index contributed by atoms with van der Waals surface area (Å²) in [6, 6.07) is 20.9. The van der Waals surface area contributed by atoms with Crippen molar-refractivity contribution in [2.75, 3.05) is 27.4 Å². The van der Waals surface area contributed by atoms with E-state index in [2.05, 4.69) is 16.0 Å². The summed E-state index contributed by atoms with van der Waals surface area (Å²) in [7, 11) is 3.17. The number of fused-ring (bicyclic) bond motifs is 1. The van der Waals surface area contributed by atoms with Gasteiger partial charge in [-0.05, 0) is 60.5 Å². The molecule has 8 heteroatoms. The van der Waals surface area contributed by atoms with E-state index >= 15 is 0 Å². The molecule has 0 aliphatic heterocycles. The van der Waals surface area contributed by atoms with E-state index in [1.54, 1.807) is 14.2 Å². The van der Waals surface area contributed by atoms with Crippen molar-refractivity contribution in [2.24, 2.45) is 0 Å². The molecule has 1 N–H and O–H groups in total. The first-order chi connectivity index (χ1) is 17.6. The molecule has 0 aliphatic rings. The van der Waals surface area contributed by atoms with Gasteiger partial charge in [-0.1, -0.05) is 29.8 Å². The topological polar surface area (TPSA) is 74.6 Å². The van der Waals surface area contributed by atoms with E-state index < -0.39 is 0 Å². The molecule has 4 aromatic rings. The quantitative estimate of drug-likeness (QED) is 0.271. The number of aromatic nitrogens is 2. The largest absolute Gasteiger partial charge is 0.493 e. The summed E-state index contributed by atoms with van der Waals surface area (Å²) in [5.41, 5.74) is 2.90. The lowest BCUT2D eigenvalue weighted by Gasteiger charge is -2.12. The second-order valence-corrected chi connectivity index (χ2v) is 8.73. The van der Waals surface area contributed by atoms with Crippen molar-refractivity contribution >= 4 is 28.5 Å². The number of para-hydroxylation sites is 2. The first-order valence-corrected chi connectivity index (χ1v) is 12.3. The van der Waals surface area contributed by atoms with Crippen molar-refractivity contribution in [3.8, 4) is 17.2 Å². The van der Waals surface area contributed by atoms with Crippen molar-refractivity contribution in [2.45, 2.75) is 25.8 Å². The molecular weight excluding hydrogens is 478 g/mol. The summed E-state index contributed by atoms with van der Waals surface area (Å²) in [6.07, 6.45) is 1.80. The number of carbonyl (C=O) groups is 1. The molecule has 0 saturated heterocycles. The third-order valence-corrected chi connectivity index (χ3v) is 6.09. The first-order valence-electron chi connectivity index (χ1n) is 11.9. The first kappa shape index (κ1) is 25.4. The fourth-order valence-corrected chi connectivity index (χ4v) is 4.19. The van der Waals surface area contributed by atoms with Crippen LogP contribution in [0.2, 0.25) is 5.02 Å². The molecule has 4 rings (SSSR count). The number of nitrogens with one attached hydrogen (secondary N) is 1. The van der Waals surface area contributed by atoms with Crippen molar-refractivity contribution in [3.05, 3.63) is 83.1 Å². The Balaban J connectivity index is 1.31. The number of halogens is 1. The molecule has 0 saturated carbocycles. The van der Waals surface area contributed by atoms with Gasteiger partial charge in [-0.3, -0.25) is 4.79 Å². The van der Waals surface area contributed by atoms with Crippen LogP contribution in [0.3, 0.4) is 0 Å². The highest BCUT2D eigenvalue weighted by Crippen LogP contribution is 2.27. The maximum absolute atomic E-state index is 12.5. The Morgan fingerprint density at radius 3 is 2.56 bits per heavy atom. The van der Waals surface area contributed by atoms with Crippen LogP contribution in [0.25, 0.3) is 11.0 Å². The minimum absolute atomic E-state index is 0.0351. The Morgan fingerprint density at radius 1 is 1.00 bits per heavy atom. The molecule has 1 amide bonds. The lowest BCUT2D eigenvalue weighted by atomic mass is 10.1. The molecule has 188 valence electrons. The zero-order valence-electron chi connectivity index (χ0n) is 20.5. The number of hydrogen-bond donors (Lipinski definition) is 1. The van der Waals surface area contributed by atoms with Crippen LogP contribution in [0.5, 0.6) is 17.2 Å². The van der Waals surface area contributed by atoms with Gasteiger partial charge in [-0.25, -0.2) is 4.98 Å². The van der Waals surface area contributed by atoms with Crippen LogP contribution in [-0.4, -0.2) is 42.8 Å². The number of ether oxygens (including phenoxy) is 3. The lowest BCUT2D eigenvalue weighted by molar-refractivity contribution is -0.120. The Bertz CT molecular complexity index is 1300. The van der Waals surface area contributed by atoms with Crippen LogP contribution in [0.1, 0.15) is 17.8 Å². The molecule has 3 aromatic carbocycles.